The molecule has 0 radical (unpaired) electrons. The fourth-order valence-corrected chi connectivity index (χ4v) is 2.18. The summed E-state index contributed by atoms with van der Waals surface area (Å²) in [6.45, 7) is 1.98. The number of benzene rings is 2. The molecule has 0 bridgehead atoms. The number of hydrogen-bond acceptors (Lipinski definition) is 0. The lowest BCUT2D eigenvalue weighted by molar-refractivity contribution is 0.532. The van der Waals surface area contributed by atoms with Crippen molar-refractivity contribution in [1.29, 1.82) is 0 Å². The van der Waals surface area contributed by atoms with Crippen molar-refractivity contribution in [2.24, 2.45) is 0 Å². The van der Waals surface area contributed by atoms with Gasteiger partial charge in [0.1, 0.15) is 0 Å². The molecule has 0 spiro atoms. The van der Waals surface area contributed by atoms with Crippen LogP contribution in [0.2, 0.25) is 0 Å². The van der Waals surface area contributed by atoms with Crippen molar-refractivity contribution >= 4 is 0 Å². The van der Waals surface area contributed by atoms with Crippen molar-refractivity contribution in [2.75, 3.05) is 0 Å². The van der Waals surface area contributed by atoms with Gasteiger partial charge in [-0.3, -0.25) is 0 Å². The SMILES string of the molecule is Cc1cc(-c2ccccc2)cc(-c2ccccc2)[o+]1. The van der Waals surface area contributed by atoms with Crippen molar-refractivity contribution in [3.05, 3.63) is 78.6 Å². The fourth-order valence-electron chi connectivity index (χ4n) is 2.18. The highest BCUT2D eigenvalue weighted by Crippen LogP contribution is 2.27. The highest BCUT2D eigenvalue weighted by molar-refractivity contribution is 5.69. The van der Waals surface area contributed by atoms with Gasteiger partial charge in [-0.2, -0.15) is 0 Å². The maximum absolute atomic E-state index is 5.83. The number of aryl methyl sites for hydroxylation is 1. The van der Waals surface area contributed by atoms with Crippen LogP contribution in [-0.4, -0.2) is 0 Å². The lowest BCUT2D eigenvalue weighted by Gasteiger charge is -2.00. The summed E-state index contributed by atoms with van der Waals surface area (Å²) < 4.78 is 5.83. The predicted octanol–water partition coefficient (Wildman–Crippen LogP) is 5.20. The van der Waals surface area contributed by atoms with E-state index in [9.17, 15) is 0 Å². The molecule has 0 unspecified atom stereocenters. The van der Waals surface area contributed by atoms with Gasteiger partial charge < -0.3 is 0 Å². The summed E-state index contributed by atoms with van der Waals surface area (Å²) in [5.74, 6) is 1.82. The fraction of sp³-hybridized carbons (Fsp3) is 0.0556. The lowest BCUT2D eigenvalue weighted by Crippen LogP contribution is -1.84. The Morgan fingerprint density at radius 3 is 1.84 bits per heavy atom. The summed E-state index contributed by atoms with van der Waals surface area (Å²) in [6, 6.07) is 24.7. The van der Waals surface area contributed by atoms with Gasteiger partial charge in [-0.05, 0) is 17.7 Å². The first-order valence-corrected chi connectivity index (χ1v) is 6.38. The Labute approximate surface area is 113 Å². The van der Waals surface area contributed by atoms with Crippen LogP contribution in [0.5, 0.6) is 0 Å². The quantitative estimate of drug-likeness (QED) is 0.566. The molecule has 1 heterocycles. The van der Waals surface area contributed by atoms with Gasteiger partial charge in [0.05, 0.1) is 18.6 Å². The minimum Gasteiger partial charge on any atom is -0.213 e. The van der Waals surface area contributed by atoms with Gasteiger partial charge in [0.2, 0.25) is 0 Å². The van der Waals surface area contributed by atoms with Crippen LogP contribution in [0.3, 0.4) is 0 Å². The van der Waals surface area contributed by atoms with E-state index in [1.807, 2.05) is 31.2 Å². The Bertz CT molecular complexity index is 615. The van der Waals surface area contributed by atoms with Crippen molar-refractivity contribution < 1.29 is 4.42 Å². The molecule has 1 heteroatoms. The van der Waals surface area contributed by atoms with Gasteiger partial charge in [-0.1, -0.05) is 48.5 Å². The smallest absolute Gasteiger partial charge is 0.213 e. The molecule has 0 atom stereocenters. The molecule has 0 N–H and O–H groups in total. The Hall–Kier alpha value is -2.41. The minimum atomic E-state index is 0.902. The average Bonchev–Trinajstić information content (AvgIpc) is 2.48. The zero-order valence-corrected chi connectivity index (χ0v) is 10.8. The van der Waals surface area contributed by atoms with E-state index in [0.717, 1.165) is 17.1 Å². The van der Waals surface area contributed by atoms with Crippen molar-refractivity contribution in [2.45, 2.75) is 6.92 Å². The van der Waals surface area contributed by atoms with Crippen molar-refractivity contribution in [3.63, 3.8) is 0 Å². The summed E-state index contributed by atoms with van der Waals surface area (Å²) in [5.41, 5.74) is 3.49. The largest absolute Gasteiger partial charge is 0.360 e. The molecule has 0 aliphatic heterocycles. The molecule has 0 saturated heterocycles. The van der Waals surface area contributed by atoms with Gasteiger partial charge in [0, 0.05) is 11.6 Å². The van der Waals surface area contributed by atoms with E-state index >= 15 is 0 Å². The van der Waals surface area contributed by atoms with E-state index in [1.165, 1.54) is 11.1 Å². The van der Waals surface area contributed by atoms with Gasteiger partial charge in [0.25, 0.3) is 0 Å². The first kappa shape index (κ1) is 11.7. The number of hydrogen-bond donors (Lipinski definition) is 0. The van der Waals surface area contributed by atoms with Gasteiger partial charge in [0.15, 0.2) is 0 Å². The number of rotatable bonds is 2. The van der Waals surface area contributed by atoms with E-state index in [-0.39, 0.29) is 0 Å². The Morgan fingerprint density at radius 1 is 0.632 bits per heavy atom. The van der Waals surface area contributed by atoms with Crippen molar-refractivity contribution in [1.82, 2.24) is 0 Å². The maximum atomic E-state index is 5.83. The molecule has 0 aliphatic carbocycles. The molecule has 3 rings (SSSR count). The molecule has 2 aromatic carbocycles. The first-order chi connectivity index (χ1) is 9.33. The summed E-state index contributed by atoms with van der Waals surface area (Å²) in [4.78, 5) is 0. The minimum absolute atomic E-state index is 0.902. The molecule has 0 aliphatic rings. The van der Waals surface area contributed by atoms with Crippen LogP contribution in [0.1, 0.15) is 5.76 Å². The van der Waals surface area contributed by atoms with E-state index < -0.39 is 0 Å². The molecule has 19 heavy (non-hydrogen) atoms. The monoisotopic (exact) mass is 247 g/mol. The predicted molar refractivity (Wildman–Crippen MR) is 78.7 cm³/mol. The summed E-state index contributed by atoms with van der Waals surface area (Å²) in [5, 5.41) is 0. The first-order valence-electron chi connectivity index (χ1n) is 6.38. The van der Waals surface area contributed by atoms with Crippen LogP contribution in [0, 0.1) is 6.92 Å². The molecular weight excluding hydrogens is 232 g/mol. The highest BCUT2D eigenvalue weighted by atomic mass is 16.3. The summed E-state index contributed by atoms with van der Waals surface area (Å²) >= 11 is 0. The standard InChI is InChI=1S/C18H15O/c1-14-12-17(15-8-4-2-5-9-15)13-18(19-14)16-10-6-3-7-11-16/h2-13H,1H3/q+1. The van der Waals surface area contributed by atoms with Crippen LogP contribution in [0.4, 0.5) is 0 Å². The maximum Gasteiger partial charge on any atom is 0.360 e. The molecule has 0 amide bonds. The molecular formula is C18H15O+. The molecule has 3 aromatic rings. The third-order valence-corrected chi connectivity index (χ3v) is 3.08. The normalized spacial score (nSPS) is 10.4. The van der Waals surface area contributed by atoms with E-state index in [1.54, 1.807) is 0 Å². The van der Waals surface area contributed by atoms with E-state index in [2.05, 4.69) is 48.5 Å². The van der Waals surface area contributed by atoms with Crippen molar-refractivity contribution in [3.8, 4) is 22.5 Å². The topological polar surface area (TPSA) is 11.3 Å². The van der Waals surface area contributed by atoms with Crippen LogP contribution in [0.25, 0.3) is 22.5 Å². The second kappa shape index (κ2) is 5.07. The van der Waals surface area contributed by atoms with Gasteiger partial charge >= 0.3 is 11.5 Å². The highest BCUT2D eigenvalue weighted by Gasteiger charge is 2.15. The summed E-state index contributed by atoms with van der Waals surface area (Å²) in [7, 11) is 0. The summed E-state index contributed by atoms with van der Waals surface area (Å²) in [6.07, 6.45) is 0. The molecule has 1 nitrogen and oxygen atoms in total. The zero-order valence-electron chi connectivity index (χ0n) is 10.8. The Morgan fingerprint density at radius 2 is 1.21 bits per heavy atom. The van der Waals surface area contributed by atoms with Crippen LogP contribution in [0.15, 0.2) is 77.2 Å². The average molecular weight is 247 g/mol. The molecule has 1 aromatic heterocycles. The second-order valence-electron chi connectivity index (χ2n) is 4.55. The van der Waals surface area contributed by atoms with Gasteiger partial charge in [-0.25, -0.2) is 4.42 Å². The van der Waals surface area contributed by atoms with Crippen LogP contribution >= 0.6 is 0 Å². The van der Waals surface area contributed by atoms with Gasteiger partial charge in [-0.15, -0.1) is 0 Å². The molecule has 0 fully saturated rings. The Kier molecular flexibility index (Phi) is 3.11. The zero-order chi connectivity index (χ0) is 13.1. The van der Waals surface area contributed by atoms with E-state index in [4.69, 9.17) is 4.42 Å². The van der Waals surface area contributed by atoms with Crippen LogP contribution < -0.4 is 0 Å². The van der Waals surface area contributed by atoms with E-state index in [0.29, 0.717) is 0 Å². The molecule has 0 saturated carbocycles. The van der Waals surface area contributed by atoms with Crippen LogP contribution in [-0.2, 0) is 0 Å². The molecule has 92 valence electrons. The lowest BCUT2D eigenvalue weighted by atomic mass is 10.0. The Balaban J connectivity index is 2.12. The third-order valence-electron chi connectivity index (χ3n) is 3.08. The third kappa shape index (κ3) is 2.55. The second-order valence-corrected chi connectivity index (χ2v) is 4.55.